The summed E-state index contributed by atoms with van der Waals surface area (Å²) in [4.78, 5) is 18.3. The Labute approximate surface area is 101 Å². The van der Waals surface area contributed by atoms with E-state index in [2.05, 4.69) is 15.3 Å². The first-order valence-electron chi connectivity index (χ1n) is 6.23. The van der Waals surface area contributed by atoms with Crippen molar-refractivity contribution in [2.75, 3.05) is 11.9 Å². The van der Waals surface area contributed by atoms with E-state index in [1.54, 1.807) is 6.92 Å². The van der Waals surface area contributed by atoms with E-state index < -0.39 is 0 Å². The van der Waals surface area contributed by atoms with Gasteiger partial charge in [-0.1, -0.05) is 12.8 Å². The number of nitrogens with one attached hydrogen (secondary N) is 2. The Bertz CT molecular complexity index is 429. The minimum absolute atomic E-state index is 0.111. The second kappa shape index (κ2) is 5.31. The molecule has 0 amide bonds. The second-order valence-electron chi connectivity index (χ2n) is 4.75. The number of rotatable bonds is 3. The van der Waals surface area contributed by atoms with Gasteiger partial charge in [0.05, 0.1) is 0 Å². The van der Waals surface area contributed by atoms with E-state index in [4.69, 9.17) is 5.73 Å². The van der Waals surface area contributed by atoms with Gasteiger partial charge >= 0.3 is 0 Å². The summed E-state index contributed by atoms with van der Waals surface area (Å²) in [6.45, 7) is 2.48. The maximum Gasteiger partial charge on any atom is 0.252 e. The Morgan fingerprint density at radius 2 is 2.29 bits per heavy atom. The highest BCUT2D eigenvalue weighted by atomic mass is 16.1. The summed E-state index contributed by atoms with van der Waals surface area (Å²) in [5.41, 5.74) is 5.67. The highest BCUT2D eigenvalue weighted by Crippen LogP contribution is 2.25. The van der Waals surface area contributed by atoms with Crippen molar-refractivity contribution in [3.05, 3.63) is 22.2 Å². The Morgan fingerprint density at radius 1 is 1.53 bits per heavy atom. The SMILES string of the molecule is Cc1nc(NC2CCCCC2CN)cc(=O)[nH]1. The number of aryl methyl sites for hydroxylation is 1. The van der Waals surface area contributed by atoms with Crippen molar-refractivity contribution in [1.29, 1.82) is 0 Å². The van der Waals surface area contributed by atoms with Crippen molar-refractivity contribution in [3.63, 3.8) is 0 Å². The molecule has 1 aliphatic carbocycles. The van der Waals surface area contributed by atoms with Gasteiger partial charge in [0.15, 0.2) is 0 Å². The smallest absolute Gasteiger partial charge is 0.252 e. The number of H-pyrrole nitrogens is 1. The van der Waals surface area contributed by atoms with Crippen LogP contribution in [0.5, 0.6) is 0 Å². The Balaban J connectivity index is 2.10. The molecular weight excluding hydrogens is 216 g/mol. The molecule has 2 atom stereocenters. The average molecular weight is 236 g/mol. The van der Waals surface area contributed by atoms with E-state index in [9.17, 15) is 4.79 Å². The largest absolute Gasteiger partial charge is 0.367 e. The van der Waals surface area contributed by atoms with E-state index >= 15 is 0 Å². The van der Waals surface area contributed by atoms with Gasteiger partial charge < -0.3 is 16.0 Å². The van der Waals surface area contributed by atoms with Crippen LogP contribution < -0.4 is 16.6 Å². The molecule has 4 N–H and O–H groups in total. The lowest BCUT2D eigenvalue weighted by Crippen LogP contribution is -2.37. The molecule has 0 bridgehead atoms. The van der Waals surface area contributed by atoms with Gasteiger partial charge in [0, 0.05) is 12.1 Å². The van der Waals surface area contributed by atoms with Gasteiger partial charge in [0.1, 0.15) is 11.6 Å². The summed E-state index contributed by atoms with van der Waals surface area (Å²) in [5, 5.41) is 3.35. The summed E-state index contributed by atoms with van der Waals surface area (Å²) >= 11 is 0. The molecule has 5 heteroatoms. The van der Waals surface area contributed by atoms with Crippen LogP contribution in [0, 0.1) is 12.8 Å². The number of hydrogen-bond donors (Lipinski definition) is 3. The minimum Gasteiger partial charge on any atom is -0.367 e. The fourth-order valence-corrected chi connectivity index (χ4v) is 2.52. The van der Waals surface area contributed by atoms with Crippen molar-refractivity contribution >= 4 is 5.82 Å². The third-order valence-electron chi connectivity index (χ3n) is 3.41. The van der Waals surface area contributed by atoms with Gasteiger partial charge in [0.25, 0.3) is 5.56 Å². The van der Waals surface area contributed by atoms with Crippen LogP contribution in [0.2, 0.25) is 0 Å². The molecule has 5 nitrogen and oxygen atoms in total. The highest BCUT2D eigenvalue weighted by molar-refractivity contribution is 5.34. The Morgan fingerprint density at radius 3 is 3.00 bits per heavy atom. The predicted octanol–water partition coefficient (Wildman–Crippen LogP) is 1.01. The van der Waals surface area contributed by atoms with Crippen LogP contribution >= 0.6 is 0 Å². The molecule has 0 radical (unpaired) electrons. The summed E-state index contributed by atoms with van der Waals surface area (Å²) in [6, 6.07) is 1.86. The molecule has 1 aromatic rings. The topological polar surface area (TPSA) is 83.8 Å². The molecular formula is C12H20N4O. The average Bonchev–Trinajstić information content (AvgIpc) is 2.28. The van der Waals surface area contributed by atoms with E-state index in [-0.39, 0.29) is 5.56 Å². The second-order valence-corrected chi connectivity index (χ2v) is 4.75. The van der Waals surface area contributed by atoms with Crippen molar-refractivity contribution < 1.29 is 0 Å². The van der Waals surface area contributed by atoms with Crippen molar-refractivity contribution in [1.82, 2.24) is 9.97 Å². The molecule has 2 rings (SSSR count). The normalized spacial score (nSPS) is 24.6. The van der Waals surface area contributed by atoms with Crippen LogP contribution in [-0.4, -0.2) is 22.6 Å². The van der Waals surface area contributed by atoms with Crippen molar-refractivity contribution in [3.8, 4) is 0 Å². The molecule has 1 saturated carbocycles. The third-order valence-corrected chi connectivity index (χ3v) is 3.41. The van der Waals surface area contributed by atoms with Gasteiger partial charge in [-0.25, -0.2) is 4.98 Å². The van der Waals surface area contributed by atoms with Crippen LogP contribution in [0.25, 0.3) is 0 Å². The number of nitrogens with zero attached hydrogens (tertiary/aromatic N) is 1. The van der Waals surface area contributed by atoms with Crippen LogP contribution in [0.4, 0.5) is 5.82 Å². The molecule has 0 aliphatic heterocycles. The van der Waals surface area contributed by atoms with Crippen LogP contribution in [0.3, 0.4) is 0 Å². The molecule has 0 spiro atoms. The summed E-state index contributed by atoms with van der Waals surface area (Å²) in [5.74, 6) is 1.79. The third kappa shape index (κ3) is 3.06. The summed E-state index contributed by atoms with van der Waals surface area (Å²) in [7, 11) is 0. The minimum atomic E-state index is -0.111. The molecule has 94 valence electrons. The van der Waals surface area contributed by atoms with Gasteiger partial charge in [0.2, 0.25) is 0 Å². The van der Waals surface area contributed by atoms with E-state index in [0.717, 1.165) is 12.8 Å². The van der Waals surface area contributed by atoms with E-state index in [1.807, 2.05) is 0 Å². The lowest BCUT2D eigenvalue weighted by atomic mass is 9.84. The molecule has 2 unspecified atom stereocenters. The fourth-order valence-electron chi connectivity index (χ4n) is 2.52. The molecule has 1 aliphatic rings. The van der Waals surface area contributed by atoms with Crippen LogP contribution in [0.1, 0.15) is 31.5 Å². The molecule has 1 heterocycles. The first-order chi connectivity index (χ1) is 8.19. The lowest BCUT2D eigenvalue weighted by molar-refractivity contribution is 0.332. The number of hydrogen-bond acceptors (Lipinski definition) is 4. The Kier molecular flexibility index (Phi) is 3.78. The molecule has 0 aromatic carbocycles. The quantitative estimate of drug-likeness (QED) is 0.731. The number of nitrogens with two attached hydrogens (primary N) is 1. The van der Waals surface area contributed by atoms with Crippen molar-refractivity contribution in [2.45, 2.75) is 38.6 Å². The maximum absolute atomic E-state index is 11.3. The molecule has 0 saturated heterocycles. The first-order valence-corrected chi connectivity index (χ1v) is 6.23. The van der Waals surface area contributed by atoms with Crippen molar-refractivity contribution in [2.24, 2.45) is 11.7 Å². The molecule has 1 aromatic heterocycles. The van der Waals surface area contributed by atoms with Gasteiger partial charge in [-0.15, -0.1) is 0 Å². The van der Waals surface area contributed by atoms with Gasteiger partial charge in [-0.05, 0) is 32.2 Å². The molecule has 17 heavy (non-hydrogen) atoms. The monoisotopic (exact) mass is 236 g/mol. The van der Waals surface area contributed by atoms with E-state index in [0.29, 0.717) is 30.1 Å². The number of aromatic nitrogens is 2. The summed E-state index contributed by atoms with van der Waals surface area (Å²) < 4.78 is 0. The summed E-state index contributed by atoms with van der Waals surface area (Å²) in [6.07, 6.45) is 4.74. The zero-order valence-corrected chi connectivity index (χ0v) is 10.2. The molecule has 1 fully saturated rings. The van der Waals surface area contributed by atoms with Crippen LogP contribution in [-0.2, 0) is 0 Å². The van der Waals surface area contributed by atoms with Gasteiger partial charge in [-0.2, -0.15) is 0 Å². The first kappa shape index (κ1) is 12.1. The fraction of sp³-hybridized carbons (Fsp3) is 0.667. The number of anilines is 1. The maximum atomic E-state index is 11.3. The van der Waals surface area contributed by atoms with Gasteiger partial charge in [-0.3, -0.25) is 4.79 Å². The zero-order chi connectivity index (χ0) is 12.3. The van der Waals surface area contributed by atoms with Crippen LogP contribution in [0.15, 0.2) is 10.9 Å². The predicted molar refractivity (Wildman–Crippen MR) is 68.0 cm³/mol. The van der Waals surface area contributed by atoms with E-state index in [1.165, 1.54) is 18.9 Å². The Hall–Kier alpha value is -1.36. The standard InChI is InChI=1S/C12H20N4O/c1-8-14-11(6-12(17)15-8)16-10-5-3-2-4-9(10)7-13/h6,9-10H,2-5,7,13H2,1H3,(H2,14,15,16,17). The highest BCUT2D eigenvalue weighted by Gasteiger charge is 2.24. The zero-order valence-electron chi connectivity index (χ0n) is 10.2. The number of aromatic amines is 1. The lowest BCUT2D eigenvalue weighted by Gasteiger charge is -2.31.